The molecule has 0 aliphatic carbocycles. The number of rotatable bonds is 5. The average Bonchev–Trinajstić information content (AvgIpc) is 1.79. The van der Waals surface area contributed by atoms with E-state index < -0.39 is 10.1 Å². The molecule has 0 rings (SSSR count). The number of unbranched alkanes of at least 4 members (excludes halogenated alkanes) is 1. The number of hydrogen-bond donors (Lipinski definition) is 1. The van der Waals surface area contributed by atoms with Gasteiger partial charge in [-0.1, -0.05) is 35.7 Å². The van der Waals surface area contributed by atoms with Crippen LogP contribution in [0.15, 0.2) is 0 Å². The maximum absolute atomic E-state index is 10.3. The Hall–Kier alpha value is 1.39. The summed E-state index contributed by atoms with van der Waals surface area (Å²) in [7, 11) is -3.80. The molecule has 1 unspecified atom stereocenters. The minimum atomic E-state index is -3.80. The van der Waals surface area contributed by atoms with E-state index in [-0.39, 0.29) is 40.1 Å². The molecule has 0 aromatic heterocycles. The SMILES string of the molecule is CCCCC(Br)CS(=O)(=O)O.[NaH]. The minimum absolute atomic E-state index is 0. The van der Waals surface area contributed by atoms with E-state index in [2.05, 4.69) is 15.9 Å². The van der Waals surface area contributed by atoms with Gasteiger partial charge in [0.05, 0.1) is 5.75 Å². The molecule has 0 aromatic carbocycles. The topological polar surface area (TPSA) is 54.4 Å². The van der Waals surface area contributed by atoms with Crippen molar-refractivity contribution in [3.8, 4) is 0 Å². The molecule has 0 aliphatic rings. The first-order valence-corrected chi connectivity index (χ1v) is 6.07. The van der Waals surface area contributed by atoms with E-state index in [4.69, 9.17) is 4.55 Å². The molecule has 3 nitrogen and oxygen atoms in total. The molecule has 0 radical (unpaired) electrons. The van der Waals surface area contributed by atoms with Crippen LogP contribution < -0.4 is 0 Å². The van der Waals surface area contributed by atoms with Crippen LogP contribution in [0.3, 0.4) is 0 Å². The Balaban J connectivity index is 0. The van der Waals surface area contributed by atoms with Crippen LogP contribution in [0.5, 0.6) is 0 Å². The van der Waals surface area contributed by atoms with Crippen molar-refractivity contribution in [1.82, 2.24) is 0 Å². The first-order valence-electron chi connectivity index (χ1n) is 3.55. The Labute approximate surface area is 104 Å². The monoisotopic (exact) mass is 268 g/mol. The molecular weight excluding hydrogens is 255 g/mol. The van der Waals surface area contributed by atoms with Crippen LogP contribution in [-0.2, 0) is 10.1 Å². The molecule has 1 atom stereocenters. The van der Waals surface area contributed by atoms with Gasteiger partial charge in [-0.15, -0.1) is 0 Å². The maximum atomic E-state index is 10.3. The normalized spacial score (nSPS) is 13.6. The van der Waals surface area contributed by atoms with Gasteiger partial charge in [0.2, 0.25) is 0 Å². The molecule has 1 N–H and O–H groups in total. The molecule has 0 saturated carbocycles. The van der Waals surface area contributed by atoms with Crippen LogP contribution in [0.25, 0.3) is 0 Å². The van der Waals surface area contributed by atoms with E-state index in [0.29, 0.717) is 0 Å². The standard InChI is InChI=1S/C6H13BrO3S.Na.H/c1-2-3-4-6(7)5-11(8,9)10;;/h6H,2-5H2,1H3,(H,8,9,10);;. The van der Waals surface area contributed by atoms with Crippen molar-refractivity contribution >= 4 is 55.6 Å². The predicted molar refractivity (Wildman–Crippen MR) is 55.8 cm³/mol. The summed E-state index contributed by atoms with van der Waals surface area (Å²) in [6.07, 6.45) is 2.80. The summed E-state index contributed by atoms with van der Waals surface area (Å²) in [6, 6.07) is 0. The van der Waals surface area contributed by atoms with Gasteiger partial charge in [-0.2, -0.15) is 8.42 Å². The Morgan fingerprint density at radius 1 is 1.50 bits per heavy atom. The van der Waals surface area contributed by atoms with Crippen LogP contribution in [0.4, 0.5) is 0 Å². The predicted octanol–water partition coefficient (Wildman–Crippen LogP) is 1.18. The van der Waals surface area contributed by atoms with Gasteiger partial charge < -0.3 is 0 Å². The van der Waals surface area contributed by atoms with Crippen molar-refractivity contribution in [3.63, 3.8) is 0 Å². The van der Waals surface area contributed by atoms with Crippen molar-refractivity contribution in [2.45, 2.75) is 31.0 Å². The van der Waals surface area contributed by atoms with Gasteiger partial charge >= 0.3 is 29.6 Å². The van der Waals surface area contributed by atoms with Gasteiger partial charge in [0.25, 0.3) is 10.1 Å². The summed E-state index contributed by atoms with van der Waals surface area (Å²) in [6.45, 7) is 2.03. The van der Waals surface area contributed by atoms with Crippen LogP contribution in [0.1, 0.15) is 26.2 Å². The van der Waals surface area contributed by atoms with Crippen molar-refractivity contribution in [3.05, 3.63) is 0 Å². The summed E-state index contributed by atoms with van der Waals surface area (Å²) in [4.78, 5) is -0.113. The van der Waals surface area contributed by atoms with Gasteiger partial charge in [-0.3, -0.25) is 4.55 Å². The van der Waals surface area contributed by atoms with Crippen molar-refractivity contribution in [1.29, 1.82) is 0 Å². The molecule has 0 amide bonds. The molecule has 0 aliphatic heterocycles. The molecule has 12 heavy (non-hydrogen) atoms. The van der Waals surface area contributed by atoms with Gasteiger partial charge in [-0.05, 0) is 6.42 Å². The first-order chi connectivity index (χ1) is 4.95. The van der Waals surface area contributed by atoms with Crippen molar-refractivity contribution in [2.24, 2.45) is 0 Å². The second kappa shape index (κ2) is 7.76. The Kier molecular flexibility index (Phi) is 10.2. The van der Waals surface area contributed by atoms with E-state index in [0.717, 1.165) is 19.3 Å². The van der Waals surface area contributed by atoms with Crippen LogP contribution in [0, 0.1) is 0 Å². The molecule has 0 fully saturated rings. The molecule has 0 bridgehead atoms. The second-order valence-electron chi connectivity index (χ2n) is 2.49. The summed E-state index contributed by atoms with van der Waals surface area (Å²) in [5.74, 6) is -0.188. The van der Waals surface area contributed by atoms with Gasteiger partial charge in [0.15, 0.2) is 0 Å². The van der Waals surface area contributed by atoms with E-state index in [1.165, 1.54) is 0 Å². The van der Waals surface area contributed by atoms with E-state index in [9.17, 15) is 8.42 Å². The van der Waals surface area contributed by atoms with Crippen molar-refractivity contribution < 1.29 is 13.0 Å². The molecule has 0 spiro atoms. The number of alkyl halides is 1. The zero-order valence-electron chi connectivity index (χ0n) is 6.46. The third-order valence-electron chi connectivity index (χ3n) is 1.26. The van der Waals surface area contributed by atoms with E-state index in [1.54, 1.807) is 0 Å². The van der Waals surface area contributed by atoms with Crippen molar-refractivity contribution in [2.75, 3.05) is 5.75 Å². The summed E-state index contributed by atoms with van der Waals surface area (Å²) >= 11 is 3.18. The van der Waals surface area contributed by atoms with Crippen LogP contribution in [0.2, 0.25) is 0 Å². The summed E-state index contributed by atoms with van der Waals surface area (Å²) < 4.78 is 29.1. The quantitative estimate of drug-likeness (QED) is 0.463. The molecule has 70 valence electrons. The number of hydrogen-bond acceptors (Lipinski definition) is 2. The van der Waals surface area contributed by atoms with Crippen LogP contribution >= 0.6 is 15.9 Å². The zero-order valence-corrected chi connectivity index (χ0v) is 8.86. The first kappa shape index (κ1) is 15.8. The Morgan fingerprint density at radius 3 is 2.33 bits per heavy atom. The molecular formula is C6H14BrNaO3S. The third kappa shape index (κ3) is 11.4. The van der Waals surface area contributed by atoms with E-state index >= 15 is 0 Å². The fourth-order valence-electron chi connectivity index (χ4n) is 0.737. The summed E-state index contributed by atoms with van der Waals surface area (Å²) in [5, 5.41) is 0. The number of halogens is 1. The van der Waals surface area contributed by atoms with E-state index in [1.807, 2.05) is 6.92 Å². The zero-order chi connectivity index (χ0) is 8.91. The molecule has 0 saturated heterocycles. The Bertz CT molecular complexity index is 193. The van der Waals surface area contributed by atoms with Gasteiger partial charge in [0, 0.05) is 4.83 Å². The Morgan fingerprint density at radius 2 is 2.00 bits per heavy atom. The molecule has 6 heteroatoms. The molecule has 0 aromatic rings. The van der Waals surface area contributed by atoms with Gasteiger partial charge in [0.1, 0.15) is 0 Å². The van der Waals surface area contributed by atoms with Gasteiger partial charge in [-0.25, -0.2) is 0 Å². The average molecular weight is 269 g/mol. The fourth-order valence-corrected chi connectivity index (χ4v) is 2.69. The summed E-state index contributed by atoms with van der Waals surface area (Å²) in [5.41, 5.74) is 0. The molecule has 0 heterocycles. The fraction of sp³-hybridized carbons (Fsp3) is 1.00. The second-order valence-corrected chi connectivity index (χ2v) is 5.28. The third-order valence-corrected chi connectivity index (χ3v) is 3.30. The van der Waals surface area contributed by atoms with Crippen LogP contribution in [-0.4, -0.2) is 53.1 Å².